The number of nitrogens with one attached hydrogen (secondary N) is 1. The molecule has 1 unspecified atom stereocenters. The Balaban J connectivity index is 2.21. The standard InChI is InChI=1S/C15H14Cl2N2O3S/c1-9(10-3-2-4-14(7-10)23(18,21)22)19-15(20)11-5-12(16)8-13(17)6-11/h2-9H,1H3,(H,19,20)(H2,18,21,22). The van der Waals surface area contributed by atoms with Crippen LogP contribution < -0.4 is 10.5 Å². The highest BCUT2D eigenvalue weighted by Crippen LogP contribution is 2.21. The third kappa shape index (κ3) is 4.68. The number of halogens is 2. The van der Waals surface area contributed by atoms with E-state index in [-0.39, 0.29) is 10.8 Å². The van der Waals surface area contributed by atoms with Crippen LogP contribution in [0.2, 0.25) is 10.0 Å². The second-order valence-corrected chi connectivity index (χ2v) is 7.41. The molecule has 1 atom stereocenters. The molecule has 5 nitrogen and oxygen atoms in total. The number of amides is 1. The van der Waals surface area contributed by atoms with E-state index in [0.717, 1.165) is 0 Å². The largest absolute Gasteiger partial charge is 0.346 e. The van der Waals surface area contributed by atoms with Gasteiger partial charge in [0.1, 0.15) is 0 Å². The minimum Gasteiger partial charge on any atom is -0.346 e. The second-order valence-electron chi connectivity index (χ2n) is 4.97. The van der Waals surface area contributed by atoms with Crippen LogP contribution in [0.5, 0.6) is 0 Å². The van der Waals surface area contributed by atoms with Gasteiger partial charge in [-0.1, -0.05) is 35.3 Å². The molecule has 0 saturated heterocycles. The molecule has 0 aliphatic carbocycles. The molecule has 1 amide bonds. The first-order chi connectivity index (χ1) is 10.7. The lowest BCUT2D eigenvalue weighted by molar-refractivity contribution is 0.0940. The Hall–Kier alpha value is -1.60. The molecule has 0 spiro atoms. The molecule has 2 aromatic rings. The zero-order chi connectivity index (χ0) is 17.2. The number of primary sulfonamides is 1. The molecule has 0 fully saturated rings. The predicted molar refractivity (Wildman–Crippen MR) is 90.2 cm³/mol. The van der Waals surface area contributed by atoms with Gasteiger partial charge in [0.2, 0.25) is 10.0 Å². The topological polar surface area (TPSA) is 89.3 Å². The minimum atomic E-state index is -3.80. The maximum atomic E-state index is 12.2. The van der Waals surface area contributed by atoms with Crippen LogP contribution in [0.15, 0.2) is 47.4 Å². The van der Waals surface area contributed by atoms with E-state index in [0.29, 0.717) is 21.2 Å². The summed E-state index contributed by atoms with van der Waals surface area (Å²) in [6, 6.07) is 10.2. The van der Waals surface area contributed by atoms with Crippen LogP contribution >= 0.6 is 23.2 Å². The monoisotopic (exact) mass is 372 g/mol. The van der Waals surface area contributed by atoms with Gasteiger partial charge in [-0.2, -0.15) is 0 Å². The molecular formula is C15H14Cl2N2O3S. The van der Waals surface area contributed by atoms with Gasteiger partial charge < -0.3 is 5.32 Å². The van der Waals surface area contributed by atoms with Crippen LogP contribution in [0.3, 0.4) is 0 Å². The number of hydrogen-bond acceptors (Lipinski definition) is 3. The molecule has 0 aliphatic heterocycles. The Labute approximate surface area is 144 Å². The van der Waals surface area contributed by atoms with Crippen molar-refractivity contribution in [3.8, 4) is 0 Å². The molecule has 2 rings (SSSR count). The Bertz CT molecular complexity index is 833. The summed E-state index contributed by atoms with van der Waals surface area (Å²) in [7, 11) is -3.80. The first-order valence-electron chi connectivity index (χ1n) is 6.56. The summed E-state index contributed by atoms with van der Waals surface area (Å²) in [5.74, 6) is -0.372. The Morgan fingerprint density at radius 2 is 1.74 bits per heavy atom. The van der Waals surface area contributed by atoms with Gasteiger partial charge in [-0.05, 0) is 42.8 Å². The van der Waals surface area contributed by atoms with Gasteiger partial charge in [0.25, 0.3) is 5.91 Å². The van der Waals surface area contributed by atoms with E-state index in [9.17, 15) is 13.2 Å². The molecule has 0 aromatic heterocycles. The van der Waals surface area contributed by atoms with Crippen LogP contribution in [0, 0.1) is 0 Å². The number of carbonyl (C=O) groups excluding carboxylic acids is 1. The van der Waals surface area contributed by atoms with Crippen LogP contribution in [0.1, 0.15) is 28.9 Å². The lowest BCUT2D eigenvalue weighted by Gasteiger charge is -2.15. The van der Waals surface area contributed by atoms with E-state index in [1.54, 1.807) is 19.1 Å². The van der Waals surface area contributed by atoms with Crippen molar-refractivity contribution < 1.29 is 13.2 Å². The Morgan fingerprint density at radius 3 is 2.30 bits per heavy atom. The molecule has 8 heteroatoms. The fourth-order valence-electron chi connectivity index (χ4n) is 2.01. The Kier molecular flexibility index (Phi) is 5.31. The van der Waals surface area contributed by atoms with E-state index in [1.165, 1.54) is 30.3 Å². The number of carbonyl (C=O) groups is 1. The van der Waals surface area contributed by atoms with Crippen molar-refractivity contribution in [2.45, 2.75) is 17.9 Å². The molecule has 23 heavy (non-hydrogen) atoms. The lowest BCUT2D eigenvalue weighted by atomic mass is 10.1. The van der Waals surface area contributed by atoms with Crippen LogP contribution in [0.4, 0.5) is 0 Å². The van der Waals surface area contributed by atoms with Gasteiger partial charge in [0.05, 0.1) is 10.9 Å². The molecule has 3 N–H and O–H groups in total. The molecule has 0 heterocycles. The van der Waals surface area contributed by atoms with Gasteiger partial charge in [-0.15, -0.1) is 0 Å². The average molecular weight is 373 g/mol. The quantitative estimate of drug-likeness (QED) is 0.863. The zero-order valence-corrected chi connectivity index (χ0v) is 14.4. The Morgan fingerprint density at radius 1 is 1.13 bits per heavy atom. The van der Waals surface area contributed by atoms with E-state index in [4.69, 9.17) is 28.3 Å². The summed E-state index contributed by atoms with van der Waals surface area (Å²) >= 11 is 11.7. The fourth-order valence-corrected chi connectivity index (χ4v) is 3.10. The molecule has 2 aromatic carbocycles. The van der Waals surface area contributed by atoms with Crippen molar-refractivity contribution in [1.29, 1.82) is 0 Å². The van der Waals surface area contributed by atoms with E-state index in [1.807, 2.05) is 0 Å². The van der Waals surface area contributed by atoms with Crippen molar-refractivity contribution in [1.82, 2.24) is 5.32 Å². The summed E-state index contributed by atoms with van der Waals surface area (Å²) in [4.78, 5) is 12.2. The number of sulfonamides is 1. The number of rotatable bonds is 4. The van der Waals surface area contributed by atoms with Gasteiger partial charge >= 0.3 is 0 Å². The summed E-state index contributed by atoms with van der Waals surface area (Å²) in [6.45, 7) is 1.73. The van der Waals surface area contributed by atoms with E-state index in [2.05, 4.69) is 5.32 Å². The highest BCUT2D eigenvalue weighted by atomic mass is 35.5. The molecule has 122 valence electrons. The fraction of sp³-hybridized carbons (Fsp3) is 0.133. The SMILES string of the molecule is CC(NC(=O)c1cc(Cl)cc(Cl)c1)c1cccc(S(N)(=O)=O)c1. The van der Waals surface area contributed by atoms with E-state index < -0.39 is 16.1 Å². The summed E-state index contributed by atoms with van der Waals surface area (Å²) in [6.07, 6.45) is 0. The molecule has 0 radical (unpaired) electrons. The number of benzene rings is 2. The van der Waals surface area contributed by atoms with Crippen molar-refractivity contribution in [2.24, 2.45) is 5.14 Å². The van der Waals surface area contributed by atoms with Crippen molar-refractivity contribution in [2.75, 3.05) is 0 Å². The highest BCUT2D eigenvalue weighted by molar-refractivity contribution is 7.89. The number of hydrogen-bond donors (Lipinski definition) is 2. The molecular weight excluding hydrogens is 359 g/mol. The van der Waals surface area contributed by atoms with Crippen molar-refractivity contribution in [3.63, 3.8) is 0 Å². The average Bonchev–Trinajstić information content (AvgIpc) is 2.45. The maximum absolute atomic E-state index is 12.2. The van der Waals surface area contributed by atoms with Gasteiger partial charge in [-0.3, -0.25) is 4.79 Å². The third-order valence-electron chi connectivity index (χ3n) is 3.16. The highest BCUT2D eigenvalue weighted by Gasteiger charge is 2.15. The first-order valence-corrected chi connectivity index (χ1v) is 8.87. The van der Waals surface area contributed by atoms with E-state index >= 15 is 0 Å². The summed E-state index contributed by atoms with van der Waals surface area (Å²) in [5.41, 5.74) is 0.926. The minimum absolute atomic E-state index is 0.0121. The molecule has 0 aliphatic rings. The van der Waals surface area contributed by atoms with Gasteiger partial charge in [0, 0.05) is 15.6 Å². The molecule has 0 bridgehead atoms. The van der Waals surface area contributed by atoms with Crippen LogP contribution in [0.25, 0.3) is 0 Å². The zero-order valence-electron chi connectivity index (χ0n) is 12.1. The number of nitrogens with two attached hydrogens (primary N) is 1. The summed E-state index contributed by atoms with van der Waals surface area (Å²) in [5, 5.41) is 8.57. The normalized spacial score (nSPS) is 12.7. The predicted octanol–water partition coefficient (Wildman–Crippen LogP) is 3.13. The molecule has 0 saturated carbocycles. The van der Waals surface area contributed by atoms with Crippen molar-refractivity contribution in [3.05, 3.63) is 63.6 Å². The van der Waals surface area contributed by atoms with Crippen molar-refractivity contribution >= 4 is 39.1 Å². The van der Waals surface area contributed by atoms with Gasteiger partial charge in [0.15, 0.2) is 0 Å². The third-order valence-corrected chi connectivity index (χ3v) is 4.51. The smallest absolute Gasteiger partial charge is 0.251 e. The van der Waals surface area contributed by atoms with Crippen LogP contribution in [-0.2, 0) is 10.0 Å². The second kappa shape index (κ2) is 6.88. The van der Waals surface area contributed by atoms with Gasteiger partial charge in [-0.25, -0.2) is 13.6 Å². The summed E-state index contributed by atoms with van der Waals surface area (Å²) < 4.78 is 22.8. The lowest BCUT2D eigenvalue weighted by Crippen LogP contribution is -2.27. The maximum Gasteiger partial charge on any atom is 0.251 e. The van der Waals surface area contributed by atoms with Crippen LogP contribution in [-0.4, -0.2) is 14.3 Å². The first kappa shape index (κ1) is 17.7.